The number of aromatic nitrogens is 3. The van der Waals surface area contributed by atoms with Gasteiger partial charge >= 0.3 is 0 Å². The van der Waals surface area contributed by atoms with Gasteiger partial charge < -0.3 is 10.8 Å². The molecule has 1 aromatic carbocycles. The maximum Gasteiger partial charge on any atom is 0.115 e. The van der Waals surface area contributed by atoms with Gasteiger partial charge in [-0.25, -0.2) is 4.98 Å². The van der Waals surface area contributed by atoms with Gasteiger partial charge in [-0.3, -0.25) is 9.66 Å². The molecule has 3 aromatic rings. The van der Waals surface area contributed by atoms with E-state index < -0.39 is 0 Å². The Balaban J connectivity index is 2.56. The summed E-state index contributed by atoms with van der Waals surface area (Å²) >= 11 is 0. The topological polar surface area (TPSA) is 65.8 Å². The minimum Gasteiger partial charge on any atom is -0.746 e. The first-order valence-corrected chi connectivity index (χ1v) is 4.49. The van der Waals surface area contributed by atoms with Crippen molar-refractivity contribution in [2.75, 3.05) is 5.59 Å². The Labute approximate surface area is 84.9 Å². The summed E-state index contributed by atoms with van der Waals surface area (Å²) in [5.41, 5.74) is 4.13. The van der Waals surface area contributed by atoms with E-state index >= 15 is 0 Å². The molecule has 0 spiro atoms. The first-order chi connectivity index (χ1) is 7.40. The van der Waals surface area contributed by atoms with Gasteiger partial charge in [0.1, 0.15) is 11.8 Å². The van der Waals surface area contributed by atoms with Gasteiger partial charge in [0, 0.05) is 5.39 Å². The Bertz CT molecular complexity index is 631. The van der Waals surface area contributed by atoms with Crippen LogP contribution >= 0.6 is 0 Å². The molecule has 3 rings (SSSR count). The Morgan fingerprint density at radius 1 is 1.13 bits per heavy atom. The van der Waals surface area contributed by atoms with Crippen LogP contribution in [0.25, 0.3) is 21.9 Å². The largest absolute Gasteiger partial charge is 0.746 e. The normalized spacial score (nSPS) is 11.0. The van der Waals surface area contributed by atoms with Gasteiger partial charge in [-0.05, 0) is 6.07 Å². The van der Waals surface area contributed by atoms with Crippen molar-refractivity contribution in [2.45, 2.75) is 0 Å². The smallest absolute Gasteiger partial charge is 0.115 e. The highest BCUT2D eigenvalue weighted by molar-refractivity contribution is 6.02. The van der Waals surface area contributed by atoms with Crippen molar-refractivity contribution >= 4 is 21.9 Å². The molecule has 0 aliphatic heterocycles. The predicted octanol–water partition coefficient (Wildman–Crippen LogP) is 1.63. The SMILES string of the molecule is [O-]Nn1cnc2cnc3ccccc3c21. The number of pyridine rings is 1. The fourth-order valence-corrected chi connectivity index (χ4v) is 1.71. The number of imidazole rings is 1. The molecular weight excluding hydrogens is 192 g/mol. The highest BCUT2D eigenvalue weighted by atomic mass is 16.5. The van der Waals surface area contributed by atoms with Crippen molar-refractivity contribution in [3.8, 4) is 0 Å². The van der Waals surface area contributed by atoms with Gasteiger partial charge in [0.25, 0.3) is 0 Å². The molecule has 0 unspecified atom stereocenters. The zero-order valence-corrected chi connectivity index (χ0v) is 7.71. The predicted molar refractivity (Wildman–Crippen MR) is 57.8 cm³/mol. The molecule has 0 amide bonds. The fourth-order valence-electron chi connectivity index (χ4n) is 1.71. The van der Waals surface area contributed by atoms with E-state index in [2.05, 4.69) is 9.97 Å². The second-order valence-electron chi connectivity index (χ2n) is 3.22. The van der Waals surface area contributed by atoms with Crippen LogP contribution in [0.5, 0.6) is 0 Å². The van der Waals surface area contributed by atoms with Crippen molar-refractivity contribution in [3.05, 3.63) is 42.0 Å². The Hall–Kier alpha value is -2.14. The van der Waals surface area contributed by atoms with Crippen LogP contribution in [0.1, 0.15) is 0 Å². The molecule has 0 aliphatic rings. The van der Waals surface area contributed by atoms with E-state index in [-0.39, 0.29) is 0 Å². The minimum absolute atomic E-state index is 0.706. The van der Waals surface area contributed by atoms with Crippen LogP contribution in [-0.2, 0) is 0 Å². The lowest BCUT2D eigenvalue weighted by Crippen LogP contribution is -2.04. The third-order valence-electron chi connectivity index (χ3n) is 2.38. The van der Waals surface area contributed by atoms with Crippen molar-refractivity contribution in [3.63, 3.8) is 0 Å². The van der Waals surface area contributed by atoms with Crippen LogP contribution < -0.4 is 5.59 Å². The summed E-state index contributed by atoms with van der Waals surface area (Å²) in [6, 6.07) is 7.63. The lowest BCUT2D eigenvalue weighted by Gasteiger charge is -2.11. The number of benzene rings is 1. The molecule has 5 heteroatoms. The molecule has 2 heterocycles. The lowest BCUT2D eigenvalue weighted by molar-refractivity contribution is 0.991. The Kier molecular flexibility index (Phi) is 1.60. The van der Waals surface area contributed by atoms with Crippen LogP contribution in [0.2, 0.25) is 0 Å². The number of rotatable bonds is 1. The maximum atomic E-state index is 10.7. The van der Waals surface area contributed by atoms with Crippen molar-refractivity contribution < 1.29 is 0 Å². The minimum atomic E-state index is 0.706. The van der Waals surface area contributed by atoms with E-state index in [0.717, 1.165) is 16.4 Å². The van der Waals surface area contributed by atoms with E-state index in [1.807, 2.05) is 29.9 Å². The summed E-state index contributed by atoms with van der Waals surface area (Å²) in [6.07, 6.45) is 3.11. The number of para-hydroxylation sites is 1. The monoisotopic (exact) mass is 199 g/mol. The second-order valence-corrected chi connectivity index (χ2v) is 3.22. The highest BCUT2D eigenvalue weighted by Crippen LogP contribution is 2.21. The lowest BCUT2D eigenvalue weighted by atomic mass is 10.2. The van der Waals surface area contributed by atoms with Gasteiger partial charge in [0.2, 0.25) is 0 Å². The molecule has 15 heavy (non-hydrogen) atoms. The number of hydrogen-bond donors (Lipinski definition) is 1. The first-order valence-electron chi connectivity index (χ1n) is 4.49. The summed E-state index contributed by atoms with van der Waals surface area (Å²) in [7, 11) is 0. The molecule has 74 valence electrons. The van der Waals surface area contributed by atoms with Crippen LogP contribution in [0.3, 0.4) is 0 Å². The van der Waals surface area contributed by atoms with Crippen LogP contribution in [0, 0.1) is 5.21 Å². The molecular formula is C10H7N4O-. The molecule has 5 nitrogen and oxygen atoms in total. The quantitative estimate of drug-likeness (QED) is 0.605. The van der Waals surface area contributed by atoms with Crippen molar-refractivity contribution in [1.29, 1.82) is 0 Å². The van der Waals surface area contributed by atoms with Gasteiger partial charge in [-0.15, -0.1) is 0 Å². The zero-order valence-electron chi connectivity index (χ0n) is 7.71. The highest BCUT2D eigenvalue weighted by Gasteiger charge is 2.05. The Morgan fingerprint density at radius 3 is 2.87 bits per heavy atom. The van der Waals surface area contributed by atoms with E-state index in [4.69, 9.17) is 0 Å². The summed E-state index contributed by atoms with van der Waals surface area (Å²) in [4.78, 5) is 8.33. The number of nitrogens with zero attached hydrogens (tertiary/aromatic N) is 3. The average molecular weight is 199 g/mol. The molecule has 2 aromatic heterocycles. The first kappa shape index (κ1) is 8.19. The third kappa shape index (κ3) is 1.07. The van der Waals surface area contributed by atoms with Crippen LogP contribution in [-0.4, -0.2) is 14.6 Å². The number of nitrogens with one attached hydrogen (secondary N) is 1. The number of hydrogen-bond acceptors (Lipinski definition) is 4. The van der Waals surface area contributed by atoms with Crippen LogP contribution in [0.15, 0.2) is 36.8 Å². The standard InChI is InChI=1S/C10H7N4O/c15-13-14-6-12-9-5-11-8-4-2-1-3-7(8)10(9)14/h1-6,13H/q-1. The third-order valence-corrected chi connectivity index (χ3v) is 2.38. The maximum absolute atomic E-state index is 10.7. The molecule has 0 bridgehead atoms. The summed E-state index contributed by atoms with van der Waals surface area (Å²) in [6.45, 7) is 0. The summed E-state index contributed by atoms with van der Waals surface area (Å²) in [5, 5.41) is 11.6. The summed E-state index contributed by atoms with van der Waals surface area (Å²) < 4.78 is 1.35. The van der Waals surface area contributed by atoms with Crippen molar-refractivity contribution in [2.24, 2.45) is 0 Å². The van der Waals surface area contributed by atoms with Gasteiger partial charge in [-0.2, -0.15) is 0 Å². The molecule has 0 fully saturated rings. The fraction of sp³-hybridized carbons (Fsp3) is 0. The van der Waals surface area contributed by atoms with Crippen molar-refractivity contribution in [1.82, 2.24) is 14.6 Å². The molecule has 0 saturated heterocycles. The average Bonchev–Trinajstić information content (AvgIpc) is 2.72. The van der Waals surface area contributed by atoms with Gasteiger partial charge in [0.15, 0.2) is 0 Å². The number of fused-ring (bicyclic) bond motifs is 3. The zero-order chi connectivity index (χ0) is 10.3. The van der Waals surface area contributed by atoms with E-state index in [1.165, 1.54) is 11.0 Å². The Morgan fingerprint density at radius 2 is 2.00 bits per heavy atom. The molecule has 0 atom stereocenters. The molecule has 0 saturated carbocycles. The van der Waals surface area contributed by atoms with E-state index in [1.54, 1.807) is 6.20 Å². The van der Waals surface area contributed by atoms with Gasteiger partial charge in [0.05, 0.1) is 17.2 Å². The second kappa shape index (κ2) is 2.93. The molecule has 0 radical (unpaired) electrons. The van der Waals surface area contributed by atoms with E-state index in [0.29, 0.717) is 5.52 Å². The van der Waals surface area contributed by atoms with Gasteiger partial charge in [-0.1, -0.05) is 18.2 Å². The van der Waals surface area contributed by atoms with E-state index in [9.17, 15) is 5.21 Å². The molecule has 1 N–H and O–H groups in total. The molecule has 0 aliphatic carbocycles. The summed E-state index contributed by atoms with van der Waals surface area (Å²) in [5.74, 6) is 0. The van der Waals surface area contributed by atoms with Crippen LogP contribution in [0.4, 0.5) is 0 Å².